The van der Waals surface area contributed by atoms with Crippen molar-refractivity contribution in [1.82, 2.24) is 4.72 Å². The van der Waals surface area contributed by atoms with Crippen molar-refractivity contribution in [1.29, 1.82) is 5.26 Å². The first kappa shape index (κ1) is 16.1. The lowest BCUT2D eigenvalue weighted by Crippen LogP contribution is -2.45. The van der Waals surface area contributed by atoms with Crippen molar-refractivity contribution in [2.24, 2.45) is 5.92 Å². The molecule has 0 unspecified atom stereocenters. The normalized spacial score (nSPS) is 14.2. The molecule has 0 fully saturated rings. The number of sulfonamides is 1. The van der Waals surface area contributed by atoms with Gasteiger partial charge in [0.2, 0.25) is 10.0 Å². The molecule has 7 heteroatoms. The number of hydrogen-bond acceptors (Lipinski definition) is 4. The van der Waals surface area contributed by atoms with Crippen LogP contribution in [-0.2, 0) is 14.8 Å². The molecule has 0 saturated heterocycles. The van der Waals surface area contributed by atoms with Gasteiger partial charge in [0.1, 0.15) is 12.1 Å². The average Bonchev–Trinajstić information content (AvgIpc) is 2.43. The monoisotopic (exact) mass is 296 g/mol. The number of hydrogen-bond donors (Lipinski definition) is 2. The number of rotatable bonds is 6. The number of carbonyl (C=O) groups is 1. The lowest BCUT2D eigenvalue weighted by molar-refractivity contribution is -0.140. The first-order valence-corrected chi connectivity index (χ1v) is 7.56. The Kier molecular flexibility index (Phi) is 5.25. The number of nitriles is 1. The van der Waals surface area contributed by atoms with Crippen LogP contribution in [-0.4, -0.2) is 25.5 Å². The van der Waals surface area contributed by atoms with Crippen molar-refractivity contribution in [2.45, 2.75) is 31.2 Å². The quantitative estimate of drug-likeness (QED) is 0.823. The van der Waals surface area contributed by atoms with E-state index in [1.807, 2.05) is 0 Å². The highest BCUT2D eigenvalue weighted by Gasteiger charge is 2.30. The third-order valence-electron chi connectivity index (χ3n) is 3.06. The first-order valence-electron chi connectivity index (χ1n) is 6.07. The summed E-state index contributed by atoms with van der Waals surface area (Å²) in [7, 11) is -4.06. The Bertz CT molecular complexity index is 634. The molecule has 2 atom stereocenters. The summed E-state index contributed by atoms with van der Waals surface area (Å²) in [5.41, 5.74) is -0.0201. The molecule has 0 spiro atoms. The summed E-state index contributed by atoms with van der Waals surface area (Å²) >= 11 is 0. The predicted molar refractivity (Wildman–Crippen MR) is 72.4 cm³/mol. The molecule has 0 radical (unpaired) electrons. The lowest BCUT2D eigenvalue weighted by atomic mass is 10.0. The van der Waals surface area contributed by atoms with Crippen molar-refractivity contribution in [3.63, 3.8) is 0 Å². The molecule has 2 N–H and O–H groups in total. The molecule has 0 saturated carbocycles. The van der Waals surface area contributed by atoms with Gasteiger partial charge in [0.15, 0.2) is 0 Å². The maximum atomic E-state index is 12.2. The molecule has 0 aliphatic carbocycles. The molecule has 0 amide bonds. The molecule has 0 heterocycles. The van der Waals surface area contributed by atoms with Crippen LogP contribution in [0.2, 0.25) is 0 Å². The van der Waals surface area contributed by atoms with Crippen LogP contribution in [0, 0.1) is 17.2 Å². The van der Waals surface area contributed by atoms with Crippen molar-refractivity contribution in [3.8, 4) is 6.07 Å². The van der Waals surface area contributed by atoms with Gasteiger partial charge < -0.3 is 5.11 Å². The van der Waals surface area contributed by atoms with Gasteiger partial charge in [0.25, 0.3) is 0 Å². The zero-order chi connectivity index (χ0) is 15.3. The van der Waals surface area contributed by atoms with Gasteiger partial charge in [-0.15, -0.1) is 0 Å². The highest BCUT2D eigenvalue weighted by atomic mass is 32.2. The van der Waals surface area contributed by atoms with E-state index in [9.17, 15) is 13.2 Å². The van der Waals surface area contributed by atoms with Gasteiger partial charge in [-0.2, -0.15) is 9.98 Å². The SMILES string of the molecule is CC[C@H](C)[C@H](NS(=O)(=O)c1ccccc1C#N)C(=O)O. The first-order chi connectivity index (χ1) is 9.33. The van der Waals surface area contributed by atoms with Crippen LogP contribution in [0.15, 0.2) is 29.2 Å². The summed E-state index contributed by atoms with van der Waals surface area (Å²) in [4.78, 5) is 11.0. The molecule has 0 aliphatic rings. The number of carboxylic acid groups (broad SMARTS) is 1. The predicted octanol–water partition coefficient (Wildman–Crippen LogP) is 1.34. The summed E-state index contributed by atoms with van der Waals surface area (Å²) in [5.74, 6) is -1.60. The fraction of sp³-hybridized carbons (Fsp3) is 0.385. The van der Waals surface area contributed by atoms with E-state index in [1.54, 1.807) is 26.0 Å². The molecule has 0 bridgehead atoms. The number of nitrogens with zero attached hydrogens (tertiary/aromatic N) is 1. The Morgan fingerprint density at radius 3 is 2.55 bits per heavy atom. The minimum Gasteiger partial charge on any atom is -0.480 e. The van der Waals surface area contributed by atoms with Gasteiger partial charge in [-0.25, -0.2) is 8.42 Å². The van der Waals surface area contributed by atoms with Crippen LogP contribution >= 0.6 is 0 Å². The number of benzene rings is 1. The molecule has 6 nitrogen and oxygen atoms in total. The van der Waals surface area contributed by atoms with Crippen LogP contribution in [0.3, 0.4) is 0 Å². The summed E-state index contributed by atoms with van der Waals surface area (Å²) < 4.78 is 26.6. The second-order valence-electron chi connectivity index (χ2n) is 4.43. The summed E-state index contributed by atoms with van der Waals surface area (Å²) in [5, 5.41) is 18.0. The summed E-state index contributed by atoms with van der Waals surface area (Å²) in [6.45, 7) is 3.43. The zero-order valence-corrected chi connectivity index (χ0v) is 12.0. The third kappa shape index (κ3) is 3.56. The molecule has 0 aromatic heterocycles. The molecule has 1 aromatic rings. The molecule has 108 valence electrons. The highest BCUT2D eigenvalue weighted by Crippen LogP contribution is 2.17. The Morgan fingerprint density at radius 1 is 1.45 bits per heavy atom. The van der Waals surface area contributed by atoms with E-state index in [0.29, 0.717) is 6.42 Å². The molecular weight excluding hydrogens is 280 g/mol. The van der Waals surface area contributed by atoms with E-state index in [2.05, 4.69) is 4.72 Å². The van der Waals surface area contributed by atoms with E-state index in [0.717, 1.165) is 0 Å². The van der Waals surface area contributed by atoms with E-state index in [1.165, 1.54) is 18.2 Å². The van der Waals surface area contributed by atoms with Crippen LogP contribution in [0.5, 0.6) is 0 Å². The molecular formula is C13H16N2O4S. The average molecular weight is 296 g/mol. The maximum absolute atomic E-state index is 12.2. The van der Waals surface area contributed by atoms with Crippen LogP contribution < -0.4 is 4.72 Å². The topological polar surface area (TPSA) is 107 Å². The smallest absolute Gasteiger partial charge is 0.322 e. The van der Waals surface area contributed by atoms with E-state index in [4.69, 9.17) is 10.4 Å². The Morgan fingerprint density at radius 2 is 2.05 bits per heavy atom. The van der Waals surface area contributed by atoms with E-state index >= 15 is 0 Å². The molecule has 0 aliphatic heterocycles. The minimum atomic E-state index is -4.06. The zero-order valence-electron chi connectivity index (χ0n) is 11.2. The Balaban J connectivity index is 3.17. The van der Waals surface area contributed by atoms with Crippen molar-refractivity contribution >= 4 is 16.0 Å². The second-order valence-corrected chi connectivity index (χ2v) is 6.11. The van der Waals surface area contributed by atoms with Gasteiger partial charge >= 0.3 is 5.97 Å². The largest absolute Gasteiger partial charge is 0.480 e. The Hall–Kier alpha value is -1.91. The molecule has 1 aromatic carbocycles. The van der Waals surface area contributed by atoms with Crippen molar-refractivity contribution in [3.05, 3.63) is 29.8 Å². The second kappa shape index (κ2) is 6.50. The Labute approximate surface area is 118 Å². The number of aliphatic carboxylic acids is 1. The minimum absolute atomic E-state index is 0.0201. The summed E-state index contributed by atoms with van der Waals surface area (Å²) in [6, 6.07) is 6.22. The number of carboxylic acids is 1. The maximum Gasteiger partial charge on any atom is 0.322 e. The van der Waals surface area contributed by atoms with Gasteiger partial charge in [-0.05, 0) is 18.1 Å². The van der Waals surface area contributed by atoms with Crippen LogP contribution in [0.1, 0.15) is 25.8 Å². The lowest BCUT2D eigenvalue weighted by Gasteiger charge is -2.20. The number of nitrogens with one attached hydrogen (secondary N) is 1. The van der Waals surface area contributed by atoms with Crippen molar-refractivity contribution < 1.29 is 18.3 Å². The summed E-state index contributed by atoms with van der Waals surface area (Å²) in [6.07, 6.45) is 0.513. The third-order valence-corrected chi connectivity index (χ3v) is 4.56. The standard InChI is InChI=1S/C13H16N2O4S/c1-3-9(2)12(13(16)17)15-20(18,19)11-7-5-4-6-10(11)8-14/h4-7,9,12,15H,3H2,1-2H3,(H,16,17)/t9-,12-/m0/s1. The van der Waals surface area contributed by atoms with Gasteiger partial charge in [0.05, 0.1) is 10.5 Å². The molecule has 1 rings (SSSR count). The van der Waals surface area contributed by atoms with Crippen molar-refractivity contribution in [2.75, 3.05) is 0 Å². The van der Waals surface area contributed by atoms with E-state index in [-0.39, 0.29) is 16.4 Å². The fourth-order valence-electron chi connectivity index (χ4n) is 1.67. The molecule has 20 heavy (non-hydrogen) atoms. The fourth-order valence-corrected chi connectivity index (χ4v) is 3.12. The highest BCUT2D eigenvalue weighted by molar-refractivity contribution is 7.89. The van der Waals surface area contributed by atoms with Gasteiger partial charge in [0, 0.05) is 0 Å². The van der Waals surface area contributed by atoms with E-state index < -0.39 is 22.0 Å². The van der Waals surface area contributed by atoms with Crippen LogP contribution in [0.25, 0.3) is 0 Å². The van der Waals surface area contributed by atoms with Crippen LogP contribution in [0.4, 0.5) is 0 Å². The van der Waals surface area contributed by atoms with Gasteiger partial charge in [-0.1, -0.05) is 32.4 Å². The van der Waals surface area contributed by atoms with Gasteiger partial charge in [-0.3, -0.25) is 4.79 Å².